The second kappa shape index (κ2) is 11.0. The number of nitrogens with zero attached hydrogens (tertiary/aromatic N) is 4. The van der Waals surface area contributed by atoms with Gasteiger partial charge in [-0.15, -0.1) is 0 Å². The van der Waals surface area contributed by atoms with Gasteiger partial charge in [0.1, 0.15) is 11.4 Å². The molecule has 0 N–H and O–H groups in total. The van der Waals surface area contributed by atoms with Crippen molar-refractivity contribution in [1.29, 1.82) is 0 Å². The average molecular weight is 534 g/mol. The molecule has 0 saturated carbocycles. The second-order valence-corrected chi connectivity index (χ2v) is 11.5. The molecule has 0 spiro atoms. The number of hydrogen-bond donors (Lipinski definition) is 0. The van der Waals surface area contributed by atoms with Crippen LogP contribution in [0, 0.1) is 0 Å². The summed E-state index contributed by atoms with van der Waals surface area (Å²) in [7, 11) is 0. The predicted molar refractivity (Wildman–Crippen MR) is 143 cm³/mol. The molecule has 4 rings (SSSR count). The summed E-state index contributed by atoms with van der Waals surface area (Å²) in [6.07, 6.45) is 3.45. The lowest BCUT2D eigenvalue weighted by Gasteiger charge is -2.44. The van der Waals surface area contributed by atoms with Crippen LogP contribution in [0.5, 0.6) is 0 Å². The van der Waals surface area contributed by atoms with Crippen LogP contribution < -0.4 is 4.90 Å². The second-order valence-electron chi connectivity index (χ2n) is 10.6. The molecule has 2 aromatic rings. The Kier molecular flexibility index (Phi) is 8.12. The Labute approximate surface area is 223 Å². The summed E-state index contributed by atoms with van der Waals surface area (Å²) in [6.45, 7) is 9.83. The van der Waals surface area contributed by atoms with Crippen LogP contribution in [0.15, 0.2) is 42.6 Å². The van der Waals surface area contributed by atoms with E-state index in [0.717, 1.165) is 38.0 Å². The Morgan fingerprint density at radius 2 is 1.83 bits per heavy atom. The summed E-state index contributed by atoms with van der Waals surface area (Å²) in [5.74, 6) is 0.743. The lowest BCUT2D eigenvalue weighted by atomic mass is 9.71. The molecule has 2 aliphatic rings. The molecule has 0 bridgehead atoms. The van der Waals surface area contributed by atoms with E-state index >= 15 is 0 Å². The van der Waals surface area contributed by atoms with E-state index in [-0.39, 0.29) is 17.4 Å². The van der Waals surface area contributed by atoms with E-state index in [1.165, 1.54) is 0 Å². The van der Waals surface area contributed by atoms with Gasteiger partial charge in [0, 0.05) is 50.8 Å². The lowest BCUT2D eigenvalue weighted by Crippen LogP contribution is -2.53. The molecule has 2 aliphatic heterocycles. The summed E-state index contributed by atoms with van der Waals surface area (Å²) >= 11 is 12.7. The van der Waals surface area contributed by atoms with Crippen molar-refractivity contribution in [2.45, 2.75) is 51.0 Å². The van der Waals surface area contributed by atoms with E-state index in [1.807, 2.05) is 57.2 Å². The Balaban J connectivity index is 1.49. The molecule has 0 aliphatic carbocycles. The first-order valence-corrected chi connectivity index (χ1v) is 13.2. The van der Waals surface area contributed by atoms with Crippen molar-refractivity contribution >= 4 is 41.0 Å². The molecule has 1 aromatic carbocycles. The Morgan fingerprint density at radius 1 is 1.08 bits per heavy atom. The minimum absolute atomic E-state index is 0.0790. The molecular formula is C27H34Cl2N4O3. The van der Waals surface area contributed by atoms with Gasteiger partial charge in [0.25, 0.3) is 0 Å². The fourth-order valence-corrected chi connectivity index (χ4v) is 5.23. The van der Waals surface area contributed by atoms with Gasteiger partial charge >= 0.3 is 6.09 Å². The monoisotopic (exact) mass is 532 g/mol. The van der Waals surface area contributed by atoms with Gasteiger partial charge in [0.05, 0.1) is 10.0 Å². The van der Waals surface area contributed by atoms with Gasteiger partial charge in [0.2, 0.25) is 5.91 Å². The third-order valence-electron chi connectivity index (χ3n) is 6.97. The molecule has 2 saturated heterocycles. The highest BCUT2D eigenvalue weighted by Crippen LogP contribution is 2.41. The molecule has 194 valence electrons. The number of amides is 2. The molecular weight excluding hydrogens is 499 g/mol. The van der Waals surface area contributed by atoms with Crippen molar-refractivity contribution in [3.05, 3.63) is 58.2 Å². The number of halogens is 2. The van der Waals surface area contributed by atoms with Crippen LogP contribution in [-0.4, -0.2) is 71.7 Å². The van der Waals surface area contributed by atoms with Crippen LogP contribution in [0.4, 0.5) is 10.6 Å². The summed E-state index contributed by atoms with van der Waals surface area (Å²) in [5.41, 5.74) is 0.290. The largest absolute Gasteiger partial charge is 0.444 e. The molecule has 2 fully saturated rings. The standard InChI is InChI=1S/C27H34Cl2N4O3/c1-26(2,3)36-25(35)32-16-14-31(15-17-32)13-11-27(20-7-8-21(28)22(29)18-20)10-9-24(34)33(19-27)23-6-4-5-12-30-23/h4-8,12,18H,9-11,13-17,19H2,1-3H3/t27-/m1/s1. The smallest absolute Gasteiger partial charge is 0.410 e. The summed E-state index contributed by atoms with van der Waals surface area (Å²) in [6, 6.07) is 11.4. The van der Waals surface area contributed by atoms with Gasteiger partial charge in [-0.1, -0.05) is 35.3 Å². The highest BCUT2D eigenvalue weighted by molar-refractivity contribution is 6.42. The van der Waals surface area contributed by atoms with E-state index in [1.54, 1.807) is 16.0 Å². The van der Waals surface area contributed by atoms with Crippen molar-refractivity contribution in [1.82, 2.24) is 14.8 Å². The van der Waals surface area contributed by atoms with E-state index in [0.29, 0.717) is 41.9 Å². The third kappa shape index (κ3) is 6.31. The molecule has 2 amide bonds. The molecule has 36 heavy (non-hydrogen) atoms. The van der Waals surface area contributed by atoms with E-state index in [2.05, 4.69) is 9.88 Å². The van der Waals surface area contributed by atoms with Gasteiger partial charge in [-0.3, -0.25) is 14.6 Å². The first-order valence-electron chi connectivity index (χ1n) is 12.4. The normalized spacial score (nSPS) is 21.5. The number of rotatable bonds is 5. The number of piperazine rings is 1. The van der Waals surface area contributed by atoms with Gasteiger partial charge in [-0.25, -0.2) is 9.78 Å². The number of benzene rings is 1. The zero-order valence-corrected chi connectivity index (χ0v) is 22.7. The first-order chi connectivity index (χ1) is 17.1. The number of pyridine rings is 1. The minimum Gasteiger partial charge on any atom is -0.444 e. The maximum absolute atomic E-state index is 12.9. The molecule has 3 heterocycles. The average Bonchev–Trinajstić information content (AvgIpc) is 2.85. The van der Waals surface area contributed by atoms with Crippen LogP contribution in [0.1, 0.15) is 45.6 Å². The fourth-order valence-electron chi connectivity index (χ4n) is 4.94. The Bertz CT molecular complexity index is 1080. The molecule has 1 atom stereocenters. The molecule has 1 aromatic heterocycles. The number of anilines is 1. The van der Waals surface area contributed by atoms with E-state index < -0.39 is 5.60 Å². The van der Waals surface area contributed by atoms with E-state index in [9.17, 15) is 9.59 Å². The zero-order valence-electron chi connectivity index (χ0n) is 21.2. The van der Waals surface area contributed by atoms with Crippen LogP contribution in [0.3, 0.4) is 0 Å². The summed E-state index contributed by atoms with van der Waals surface area (Å²) in [5, 5.41) is 1.03. The number of aromatic nitrogens is 1. The van der Waals surface area contributed by atoms with Crippen LogP contribution in [0.2, 0.25) is 10.0 Å². The number of carbonyl (C=O) groups is 2. The lowest BCUT2D eigenvalue weighted by molar-refractivity contribution is -0.120. The maximum atomic E-state index is 12.9. The van der Waals surface area contributed by atoms with Crippen molar-refractivity contribution in [2.24, 2.45) is 0 Å². The van der Waals surface area contributed by atoms with E-state index in [4.69, 9.17) is 27.9 Å². The SMILES string of the molecule is CC(C)(C)OC(=O)N1CCN(CC[C@]2(c3ccc(Cl)c(Cl)c3)CCC(=O)N(c3ccccn3)C2)CC1. The minimum atomic E-state index is -0.502. The van der Waals surface area contributed by atoms with Crippen LogP contribution >= 0.6 is 23.2 Å². The first kappa shape index (κ1) is 26.7. The highest BCUT2D eigenvalue weighted by Gasteiger charge is 2.41. The quantitative estimate of drug-likeness (QED) is 0.515. The van der Waals surface area contributed by atoms with Crippen molar-refractivity contribution in [3.63, 3.8) is 0 Å². The third-order valence-corrected chi connectivity index (χ3v) is 7.71. The Hall–Kier alpha value is -2.35. The predicted octanol–water partition coefficient (Wildman–Crippen LogP) is 5.40. The number of carbonyl (C=O) groups excluding carboxylic acids is 2. The van der Waals surface area contributed by atoms with Crippen LogP contribution in [-0.2, 0) is 14.9 Å². The Morgan fingerprint density at radius 3 is 2.47 bits per heavy atom. The van der Waals surface area contributed by atoms with Gasteiger partial charge in [0.15, 0.2) is 0 Å². The molecule has 7 nitrogen and oxygen atoms in total. The van der Waals surface area contributed by atoms with Gasteiger partial charge < -0.3 is 9.64 Å². The molecule has 9 heteroatoms. The molecule has 0 radical (unpaired) electrons. The van der Waals surface area contributed by atoms with Crippen molar-refractivity contribution in [3.8, 4) is 0 Å². The highest BCUT2D eigenvalue weighted by atomic mass is 35.5. The summed E-state index contributed by atoms with van der Waals surface area (Å²) < 4.78 is 5.53. The number of piperidine rings is 1. The zero-order chi connectivity index (χ0) is 25.9. The maximum Gasteiger partial charge on any atom is 0.410 e. The van der Waals surface area contributed by atoms with Gasteiger partial charge in [-0.05, 0) is 70.0 Å². The number of ether oxygens (including phenoxy) is 1. The van der Waals surface area contributed by atoms with Gasteiger partial charge in [-0.2, -0.15) is 0 Å². The summed E-state index contributed by atoms with van der Waals surface area (Å²) in [4.78, 5) is 35.8. The molecule has 0 unspecified atom stereocenters. The number of hydrogen-bond acceptors (Lipinski definition) is 5. The van der Waals surface area contributed by atoms with Crippen molar-refractivity contribution in [2.75, 3.05) is 44.2 Å². The van der Waals surface area contributed by atoms with Crippen molar-refractivity contribution < 1.29 is 14.3 Å². The van der Waals surface area contributed by atoms with Crippen LogP contribution in [0.25, 0.3) is 0 Å². The topological polar surface area (TPSA) is 66.0 Å². The fraction of sp³-hybridized carbons (Fsp3) is 0.519.